The fourth-order valence-electron chi connectivity index (χ4n) is 2.23. The molecule has 110 valence electrons. The van der Waals surface area contributed by atoms with Gasteiger partial charge >= 0.3 is 0 Å². The van der Waals surface area contributed by atoms with E-state index in [1.165, 1.54) is 0 Å². The van der Waals surface area contributed by atoms with Gasteiger partial charge in [0, 0.05) is 12.2 Å². The van der Waals surface area contributed by atoms with Gasteiger partial charge in [-0.2, -0.15) is 0 Å². The molecule has 1 aromatic heterocycles. The van der Waals surface area contributed by atoms with Crippen LogP contribution < -0.4 is 10.6 Å². The molecule has 2 heterocycles. The molecule has 2 N–H and O–H groups in total. The summed E-state index contributed by atoms with van der Waals surface area (Å²) in [7, 11) is 0. The smallest absolute Gasteiger partial charge is 0.231 e. The first kappa shape index (κ1) is 15.2. The van der Waals surface area contributed by atoms with E-state index in [0.29, 0.717) is 24.1 Å². The van der Waals surface area contributed by atoms with Crippen LogP contribution in [-0.2, 0) is 9.53 Å². The highest BCUT2D eigenvalue weighted by Gasteiger charge is 2.34. The maximum atomic E-state index is 12.4. The van der Waals surface area contributed by atoms with Crippen LogP contribution in [0.2, 0.25) is 5.15 Å². The van der Waals surface area contributed by atoms with Crippen molar-refractivity contribution in [1.29, 1.82) is 0 Å². The normalized spacial score (nSPS) is 21.9. The summed E-state index contributed by atoms with van der Waals surface area (Å²) in [5.74, 6) is -0.272. The van der Waals surface area contributed by atoms with Crippen molar-refractivity contribution in [2.45, 2.75) is 26.3 Å². The lowest BCUT2D eigenvalue weighted by atomic mass is 10.0. The Morgan fingerprint density at radius 2 is 2.35 bits per heavy atom. The van der Waals surface area contributed by atoms with Crippen molar-refractivity contribution in [2.24, 2.45) is 5.92 Å². The van der Waals surface area contributed by atoms with Crippen molar-refractivity contribution in [3.8, 4) is 0 Å². The van der Waals surface area contributed by atoms with Gasteiger partial charge in [0.25, 0.3) is 0 Å². The monoisotopic (exact) mass is 297 g/mol. The first-order valence-electron chi connectivity index (χ1n) is 6.86. The number of amides is 1. The summed E-state index contributed by atoms with van der Waals surface area (Å²) in [5.41, 5.74) is 1.48. The van der Waals surface area contributed by atoms with Crippen molar-refractivity contribution in [2.75, 3.05) is 25.1 Å². The van der Waals surface area contributed by atoms with Crippen molar-refractivity contribution >= 4 is 23.2 Å². The van der Waals surface area contributed by atoms with E-state index in [2.05, 4.69) is 22.5 Å². The Morgan fingerprint density at radius 3 is 3.05 bits per heavy atom. The third-order valence-electron chi connectivity index (χ3n) is 3.44. The van der Waals surface area contributed by atoms with Crippen LogP contribution in [0, 0.1) is 12.8 Å². The van der Waals surface area contributed by atoms with Crippen LogP contribution in [-0.4, -0.2) is 36.7 Å². The van der Waals surface area contributed by atoms with Crippen molar-refractivity contribution in [3.63, 3.8) is 0 Å². The molecule has 1 aliphatic heterocycles. The molecule has 0 aliphatic carbocycles. The molecule has 0 radical (unpaired) electrons. The summed E-state index contributed by atoms with van der Waals surface area (Å²) in [6.07, 6.45) is 2.65. The highest BCUT2D eigenvalue weighted by Crippen LogP contribution is 2.24. The lowest BCUT2D eigenvalue weighted by Crippen LogP contribution is -2.41. The summed E-state index contributed by atoms with van der Waals surface area (Å²) < 4.78 is 5.41. The van der Waals surface area contributed by atoms with Gasteiger partial charge < -0.3 is 15.4 Å². The Bertz CT molecular complexity index is 461. The van der Waals surface area contributed by atoms with E-state index in [9.17, 15) is 4.79 Å². The number of pyridine rings is 1. The largest absolute Gasteiger partial charge is 0.379 e. The van der Waals surface area contributed by atoms with Crippen LogP contribution in [0.3, 0.4) is 0 Å². The Morgan fingerprint density at radius 1 is 1.55 bits per heavy atom. The molecule has 1 amide bonds. The van der Waals surface area contributed by atoms with Gasteiger partial charge in [0.2, 0.25) is 5.91 Å². The number of anilines is 1. The van der Waals surface area contributed by atoms with Crippen molar-refractivity contribution in [3.05, 3.63) is 23.0 Å². The van der Waals surface area contributed by atoms with E-state index in [4.69, 9.17) is 16.3 Å². The number of hydrogen-bond acceptors (Lipinski definition) is 4. The van der Waals surface area contributed by atoms with Crippen molar-refractivity contribution < 1.29 is 9.53 Å². The lowest BCUT2D eigenvalue weighted by molar-refractivity contribution is -0.120. The Labute approximate surface area is 124 Å². The summed E-state index contributed by atoms with van der Waals surface area (Å²) in [6, 6.07) is 1.88. The molecule has 0 saturated carbocycles. The van der Waals surface area contributed by atoms with E-state index in [1.54, 1.807) is 6.20 Å². The minimum Gasteiger partial charge on any atom is -0.379 e. The minimum atomic E-state index is -0.197. The number of rotatable bonds is 5. The molecule has 1 aliphatic rings. The molecule has 0 spiro atoms. The molecule has 20 heavy (non-hydrogen) atoms. The third-order valence-corrected chi connectivity index (χ3v) is 3.72. The van der Waals surface area contributed by atoms with Gasteiger partial charge in [-0.25, -0.2) is 4.98 Å². The van der Waals surface area contributed by atoms with Gasteiger partial charge in [-0.05, 0) is 31.5 Å². The van der Waals surface area contributed by atoms with Gasteiger partial charge in [-0.15, -0.1) is 0 Å². The SMILES string of the molecule is CCCNC1COCC1C(=O)Nc1c(C)ccnc1Cl. The van der Waals surface area contributed by atoms with Crippen LogP contribution in [0.1, 0.15) is 18.9 Å². The molecule has 1 saturated heterocycles. The van der Waals surface area contributed by atoms with Crippen LogP contribution >= 0.6 is 11.6 Å². The van der Waals surface area contributed by atoms with Gasteiger partial charge in [0.15, 0.2) is 5.15 Å². The van der Waals surface area contributed by atoms with Crippen LogP contribution in [0.25, 0.3) is 0 Å². The van der Waals surface area contributed by atoms with E-state index in [1.807, 2.05) is 13.0 Å². The maximum Gasteiger partial charge on any atom is 0.231 e. The number of carbonyl (C=O) groups is 1. The molecule has 5 nitrogen and oxygen atoms in total. The fraction of sp³-hybridized carbons (Fsp3) is 0.571. The third kappa shape index (κ3) is 3.48. The summed E-state index contributed by atoms with van der Waals surface area (Å²) in [6.45, 7) is 5.87. The van der Waals surface area contributed by atoms with Gasteiger partial charge in [0.05, 0.1) is 24.8 Å². The topological polar surface area (TPSA) is 63.2 Å². The predicted octanol–water partition coefficient (Wildman–Crippen LogP) is 2.00. The number of aromatic nitrogens is 1. The minimum absolute atomic E-state index is 0.0608. The number of hydrogen-bond donors (Lipinski definition) is 2. The van der Waals surface area contributed by atoms with Crippen molar-refractivity contribution in [1.82, 2.24) is 10.3 Å². The fourth-order valence-corrected chi connectivity index (χ4v) is 2.49. The average Bonchev–Trinajstić information content (AvgIpc) is 2.89. The Hall–Kier alpha value is -1.17. The number of halogens is 1. The second kappa shape index (κ2) is 7.02. The van der Waals surface area contributed by atoms with Crippen LogP contribution in [0.5, 0.6) is 0 Å². The zero-order valence-corrected chi connectivity index (χ0v) is 12.5. The highest BCUT2D eigenvalue weighted by atomic mass is 35.5. The van der Waals surface area contributed by atoms with E-state index in [0.717, 1.165) is 18.5 Å². The number of nitrogens with one attached hydrogen (secondary N) is 2. The molecule has 6 heteroatoms. The number of aryl methyl sites for hydroxylation is 1. The maximum absolute atomic E-state index is 12.4. The molecule has 0 bridgehead atoms. The summed E-state index contributed by atoms with van der Waals surface area (Å²) in [4.78, 5) is 16.4. The summed E-state index contributed by atoms with van der Waals surface area (Å²) in [5, 5.41) is 6.53. The molecular weight excluding hydrogens is 278 g/mol. The quantitative estimate of drug-likeness (QED) is 0.816. The van der Waals surface area contributed by atoms with E-state index < -0.39 is 0 Å². The Kier molecular flexibility index (Phi) is 5.34. The first-order valence-corrected chi connectivity index (χ1v) is 7.24. The lowest BCUT2D eigenvalue weighted by Gasteiger charge is -2.19. The zero-order valence-electron chi connectivity index (χ0n) is 11.8. The van der Waals surface area contributed by atoms with E-state index in [-0.39, 0.29) is 17.9 Å². The molecule has 2 unspecified atom stereocenters. The van der Waals surface area contributed by atoms with Crippen LogP contribution in [0.15, 0.2) is 12.3 Å². The van der Waals surface area contributed by atoms with Gasteiger partial charge in [-0.3, -0.25) is 4.79 Å². The highest BCUT2D eigenvalue weighted by molar-refractivity contribution is 6.32. The molecule has 1 fully saturated rings. The predicted molar refractivity (Wildman–Crippen MR) is 79.0 cm³/mol. The standard InChI is InChI=1S/C14H20ClN3O2/c1-3-5-16-11-8-20-7-10(11)14(19)18-12-9(2)4-6-17-13(12)15/h4,6,10-11,16H,3,5,7-8H2,1-2H3,(H,18,19). The number of carbonyl (C=O) groups excluding carboxylic acids is 1. The van der Waals surface area contributed by atoms with Crippen LogP contribution in [0.4, 0.5) is 5.69 Å². The molecule has 0 aromatic carbocycles. The second-order valence-electron chi connectivity index (χ2n) is 4.99. The van der Waals surface area contributed by atoms with Gasteiger partial charge in [-0.1, -0.05) is 18.5 Å². The first-order chi connectivity index (χ1) is 9.63. The Balaban J connectivity index is 2.04. The molecule has 1 aromatic rings. The zero-order chi connectivity index (χ0) is 14.5. The average molecular weight is 298 g/mol. The van der Waals surface area contributed by atoms with Gasteiger partial charge in [0.1, 0.15) is 0 Å². The molecular formula is C14H20ClN3O2. The second-order valence-corrected chi connectivity index (χ2v) is 5.35. The molecule has 2 rings (SSSR count). The number of ether oxygens (including phenoxy) is 1. The molecule has 2 atom stereocenters. The summed E-state index contributed by atoms with van der Waals surface area (Å²) >= 11 is 6.03. The number of nitrogens with zero attached hydrogens (tertiary/aromatic N) is 1. The van der Waals surface area contributed by atoms with E-state index >= 15 is 0 Å².